The van der Waals surface area contributed by atoms with Crippen molar-refractivity contribution in [3.63, 3.8) is 0 Å². The molecule has 1 aliphatic heterocycles. The molecule has 0 aromatic carbocycles. The van der Waals surface area contributed by atoms with Crippen LogP contribution in [0.15, 0.2) is 24.9 Å². The Morgan fingerprint density at radius 1 is 1.73 bits per heavy atom. The molecule has 5 heteroatoms. The fraction of sp³-hybridized carbons (Fsp3) is 0.200. The Morgan fingerprint density at radius 3 is 3.40 bits per heavy atom. The van der Waals surface area contributed by atoms with Gasteiger partial charge in [0.1, 0.15) is 6.61 Å². The molecule has 5 nitrogen and oxygen atoms in total. The summed E-state index contributed by atoms with van der Waals surface area (Å²) in [7, 11) is 0. The summed E-state index contributed by atoms with van der Waals surface area (Å²) in [5, 5.41) is 3.06. The van der Waals surface area contributed by atoms with E-state index in [1.165, 1.54) is 6.20 Å². The molecule has 2 rings (SSSR count). The predicted molar refractivity (Wildman–Crippen MR) is 54.1 cm³/mol. The lowest BCUT2D eigenvalue weighted by Crippen LogP contribution is -2.19. The van der Waals surface area contributed by atoms with Gasteiger partial charge >= 0.3 is 5.97 Å². The predicted octanol–water partition coefficient (Wildman–Crippen LogP) is 0.977. The Morgan fingerprint density at radius 2 is 2.60 bits per heavy atom. The van der Waals surface area contributed by atoms with E-state index in [4.69, 9.17) is 9.47 Å². The molecule has 1 aromatic rings. The molecule has 15 heavy (non-hydrogen) atoms. The van der Waals surface area contributed by atoms with E-state index < -0.39 is 5.97 Å². The van der Waals surface area contributed by atoms with E-state index in [0.717, 1.165) is 12.6 Å². The summed E-state index contributed by atoms with van der Waals surface area (Å²) in [6.45, 7) is 4.61. The van der Waals surface area contributed by atoms with E-state index in [1.54, 1.807) is 6.07 Å². The van der Waals surface area contributed by atoms with Crippen molar-refractivity contribution >= 4 is 11.8 Å². The van der Waals surface area contributed by atoms with E-state index >= 15 is 0 Å². The molecule has 0 aliphatic carbocycles. The zero-order chi connectivity index (χ0) is 10.7. The Kier molecular flexibility index (Phi) is 2.53. The smallest absolute Gasteiger partial charge is 0.335 e. The molecule has 0 spiro atoms. The van der Waals surface area contributed by atoms with Crippen molar-refractivity contribution in [1.29, 1.82) is 0 Å². The number of pyridine rings is 1. The van der Waals surface area contributed by atoms with Crippen LogP contribution in [-0.4, -0.2) is 24.1 Å². The molecular formula is C10H10N2O3. The minimum absolute atomic E-state index is 0.349. The fourth-order valence-corrected chi connectivity index (χ4v) is 1.21. The van der Waals surface area contributed by atoms with Crippen LogP contribution in [0.2, 0.25) is 0 Å². The zero-order valence-corrected chi connectivity index (χ0v) is 8.03. The maximum atomic E-state index is 10.9. The van der Waals surface area contributed by atoms with Gasteiger partial charge in [-0.15, -0.1) is 0 Å². The summed E-state index contributed by atoms with van der Waals surface area (Å²) in [6.07, 6.45) is 2.56. The van der Waals surface area contributed by atoms with Gasteiger partial charge in [-0.05, 0) is 0 Å². The molecule has 0 radical (unpaired) electrons. The average Bonchev–Trinajstić information content (AvgIpc) is 2.29. The first-order valence-electron chi connectivity index (χ1n) is 4.50. The lowest BCUT2D eigenvalue weighted by molar-refractivity contribution is -0.128. The summed E-state index contributed by atoms with van der Waals surface area (Å²) in [6, 6.07) is 1.62. The molecule has 1 aromatic heterocycles. The van der Waals surface area contributed by atoms with Gasteiger partial charge in [-0.25, -0.2) is 9.78 Å². The van der Waals surface area contributed by atoms with Crippen LogP contribution in [0.25, 0.3) is 0 Å². The number of hydrogen-bond donors (Lipinski definition) is 1. The van der Waals surface area contributed by atoms with Gasteiger partial charge in [0.05, 0.1) is 12.7 Å². The maximum absolute atomic E-state index is 10.9. The summed E-state index contributed by atoms with van der Waals surface area (Å²) in [5.74, 6) is 1.10. The van der Waals surface area contributed by atoms with Crippen LogP contribution in [0.1, 0.15) is 0 Å². The number of ether oxygens (including phenoxy) is 2. The highest BCUT2D eigenvalue weighted by atomic mass is 16.5. The molecule has 0 saturated heterocycles. The van der Waals surface area contributed by atoms with Crippen molar-refractivity contribution in [1.82, 2.24) is 4.98 Å². The first kappa shape index (κ1) is 9.51. The van der Waals surface area contributed by atoms with Gasteiger partial charge < -0.3 is 14.8 Å². The quantitative estimate of drug-likeness (QED) is 0.577. The Hall–Kier alpha value is -2.04. The van der Waals surface area contributed by atoms with Crippen LogP contribution in [-0.2, 0) is 4.79 Å². The van der Waals surface area contributed by atoms with E-state index in [0.29, 0.717) is 23.9 Å². The van der Waals surface area contributed by atoms with E-state index in [2.05, 4.69) is 16.9 Å². The van der Waals surface area contributed by atoms with Crippen molar-refractivity contribution in [2.45, 2.75) is 0 Å². The second-order valence-electron chi connectivity index (χ2n) is 2.92. The molecule has 0 atom stereocenters. The van der Waals surface area contributed by atoms with Gasteiger partial charge in [0.2, 0.25) is 0 Å². The van der Waals surface area contributed by atoms with Crippen molar-refractivity contribution in [3.8, 4) is 11.5 Å². The van der Waals surface area contributed by atoms with Crippen molar-refractivity contribution in [2.75, 3.05) is 18.5 Å². The van der Waals surface area contributed by atoms with Gasteiger partial charge in [0, 0.05) is 12.1 Å². The van der Waals surface area contributed by atoms with Crippen molar-refractivity contribution in [2.24, 2.45) is 0 Å². The second kappa shape index (κ2) is 4.00. The molecule has 0 unspecified atom stereocenters. The third kappa shape index (κ3) is 2.07. The summed E-state index contributed by atoms with van der Waals surface area (Å²) in [4.78, 5) is 15.0. The molecule has 0 amide bonds. The van der Waals surface area contributed by atoms with Crippen LogP contribution in [0.4, 0.5) is 5.82 Å². The van der Waals surface area contributed by atoms with Crippen LogP contribution in [0.3, 0.4) is 0 Å². The van der Waals surface area contributed by atoms with Gasteiger partial charge in [0.25, 0.3) is 0 Å². The van der Waals surface area contributed by atoms with Crippen LogP contribution >= 0.6 is 0 Å². The number of nitrogens with one attached hydrogen (secondary N) is 1. The lowest BCUT2D eigenvalue weighted by Gasteiger charge is -2.18. The molecule has 1 aliphatic rings. The molecule has 2 heterocycles. The lowest BCUT2D eigenvalue weighted by atomic mass is 10.3. The number of fused-ring (bicyclic) bond motifs is 1. The zero-order valence-electron chi connectivity index (χ0n) is 8.03. The summed E-state index contributed by atoms with van der Waals surface area (Å²) >= 11 is 0. The molecule has 0 saturated carbocycles. The van der Waals surface area contributed by atoms with E-state index in [-0.39, 0.29) is 0 Å². The fourth-order valence-electron chi connectivity index (χ4n) is 1.21. The van der Waals surface area contributed by atoms with Crippen molar-refractivity contribution < 1.29 is 14.3 Å². The molecule has 0 fully saturated rings. The Balaban J connectivity index is 2.20. The second-order valence-corrected chi connectivity index (χ2v) is 2.92. The normalized spacial score (nSPS) is 13.1. The first-order valence-corrected chi connectivity index (χ1v) is 4.50. The number of aromatic nitrogens is 1. The largest absolute Gasteiger partial charge is 0.488 e. The average molecular weight is 206 g/mol. The molecule has 0 bridgehead atoms. The van der Waals surface area contributed by atoms with Gasteiger partial charge in [-0.1, -0.05) is 6.58 Å². The van der Waals surface area contributed by atoms with Crippen molar-refractivity contribution in [3.05, 3.63) is 24.9 Å². The van der Waals surface area contributed by atoms with Crippen LogP contribution in [0, 0.1) is 0 Å². The van der Waals surface area contributed by atoms with Gasteiger partial charge in [0.15, 0.2) is 17.3 Å². The van der Waals surface area contributed by atoms with E-state index in [1.807, 2.05) is 0 Å². The number of esters is 1. The van der Waals surface area contributed by atoms with E-state index in [9.17, 15) is 4.79 Å². The SMILES string of the molecule is C=CC(=O)Oc1cnc2c(c1)OCCN2. The number of nitrogens with zero attached hydrogens (tertiary/aromatic N) is 1. The molecular weight excluding hydrogens is 196 g/mol. The monoisotopic (exact) mass is 206 g/mol. The first-order chi connectivity index (χ1) is 7.29. The van der Waals surface area contributed by atoms with Crippen LogP contribution < -0.4 is 14.8 Å². The number of anilines is 1. The summed E-state index contributed by atoms with van der Waals surface area (Å²) < 4.78 is 10.2. The number of rotatable bonds is 2. The maximum Gasteiger partial charge on any atom is 0.335 e. The Bertz CT molecular complexity index is 404. The van der Waals surface area contributed by atoms with Gasteiger partial charge in [-0.3, -0.25) is 0 Å². The number of carbonyl (C=O) groups is 1. The standard InChI is InChI=1S/C10H10N2O3/c1-2-9(13)15-7-5-8-10(12-6-7)11-3-4-14-8/h2,5-6H,1,3-4H2,(H,11,12). The number of carbonyl (C=O) groups excluding carboxylic acids is 1. The molecule has 1 N–H and O–H groups in total. The van der Waals surface area contributed by atoms with Gasteiger partial charge in [-0.2, -0.15) is 0 Å². The highest BCUT2D eigenvalue weighted by Gasteiger charge is 2.12. The minimum Gasteiger partial charge on any atom is -0.488 e. The summed E-state index contributed by atoms with van der Waals surface area (Å²) in [5.41, 5.74) is 0. The minimum atomic E-state index is -0.513. The topological polar surface area (TPSA) is 60.5 Å². The number of hydrogen-bond acceptors (Lipinski definition) is 5. The third-order valence-electron chi connectivity index (χ3n) is 1.86. The highest BCUT2D eigenvalue weighted by molar-refractivity contribution is 5.83. The molecule has 78 valence electrons. The highest BCUT2D eigenvalue weighted by Crippen LogP contribution is 2.28. The van der Waals surface area contributed by atoms with Crippen LogP contribution in [0.5, 0.6) is 11.5 Å². The Labute approximate surface area is 86.7 Å². The third-order valence-corrected chi connectivity index (χ3v) is 1.86.